The summed E-state index contributed by atoms with van der Waals surface area (Å²) in [7, 11) is -1.98. The Labute approximate surface area is 207 Å². The van der Waals surface area contributed by atoms with Crippen LogP contribution in [0.4, 0.5) is 20.3 Å². The summed E-state index contributed by atoms with van der Waals surface area (Å²) in [6.45, 7) is 3.88. The molecule has 0 bridgehead atoms. The molecule has 0 aliphatic carbocycles. The molecule has 0 unspecified atom stereocenters. The summed E-state index contributed by atoms with van der Waals surface area (Å²) in [6, 6.07) is 9.82. The largest absolute Gasteiger partial charge is 0.369 e. The second kappa shape index (κ2) is 9.60. The Hall–Kier alpha value is -3.35. The van der Waals surface area contributed by atoms with Crippen molar-refractivity contribution in [3.63, 3.8) is 0 Å². The van der Waals surface area contributed by atoms with E-state index in [1.807, 2.05) is 12.1 Å². The van der Waals surface area contributed by atoms with Crippen LogP contribution in [0.5, 0.6) is 0 Å². The molecule has 0 spiro atoms. The maximum atomic E-state index is 13.7. The first-order chi connectivity index (χ1) is 17.2. The first-order valence-corrected chi connectivity index (χ1v) is 13.0. The summed E-state index contributed by atoms with van der Waals surface area (Å²) in [5, 5.41) is 9.80. The van der Waals surface area contributed by atoms with Gasteiger partial charge in [0.2, 0.25) is 10.0 Å². The fraction of sp³-hybridized carbons (Fsp3) is 0.333. The van der Waals surface area contributed by atoms with Gasteiger partial charge in [-0.3, -0.25) is 9.89 Å². The van der Waals surface area contributed by atoms with Crippen LogP contribution < -0.4 is 10.2 Å². The number of sulfonamides is 1. The van der Waals surface area contributed by atoms with E-state index in [-0.39, 0.29) is 29.7 Å². The van der Waals surface area contributed by atoms with Gasteiger partial charge in [-0.1, -0.05) is 0 Å². The molecule has 36 heavy (non-hydrogen) atoms. The second-order valence-electron chi connectivity index (χ2n) is 8.99. The second-order valence-corrected chi connectivity index (χ2v) is 10.9. The molecule has 2 N–H and O–H groups in total. The monoisotopic (exact) mass is 516 g/mol. The SMILES string of the molecule is CN1CCN(c2ccc(C(=O)Nc3n[nH]c4c3CN(S(=O)(=O)c3ccc(F)c(F)c3)CC4)cc2)CC1. The van der Waals surface area contributed by atoms with Crippen LogP contribution in [0.15, 0.2) is 47.4 Å². The minimum absolute atomic E-state index is 0.0644. The van der Waals surface area contributed by atoms with Crippen molar-refractivity contribution in [3.05, 3.63) is 70.9 Å². The highest BCUT2D eigenvalue weighted by Crippen LogP contribution is 2.29. The number of piperazine rings is 1. The number of halogens is 2. The highest BCUT2D eigenvalue weighted by atomic mass is 32.2. The van der Waals surface area contributed by atoms with Crippen molar-refractivity contribution < 1.29 is 22.0 Å². The molecule has 2 aliphatic rings. The number of carbonyl (C=O) groups is 1. The number of H-pyrrole nitrogens is 1. The number of aromatic amines is 1. The number of nitrogens with one attached hydrogen (secondary N) is 2. The minimum atomic E-state index is -4.07. The van der Waals surface area contributed by atoms with E-state index in [9.17, 15) is 22.0 Å². The van der Waals surface area contributed by atoms with E-state index < -0.39 is 21.7 Å². The number of nitrogens with zero attached hydrogens (tertiary/aromatic N) is 4. The topological polar surface area (TPSA) is 102 Å². The van der Waals surface area contributed by atoms with Gasteiger partial charge in [-0.15, -0.1) is 0 Å². The summed E-state index contributed by atoms with van der Waals surface area (Å²) in [6.07, 6.45) is 0.334. The maximum absolute atomic E-state index is 13.7. The maximum Gasteiger partial charge on any atom is 0.256 e. The first-order valence-electron chi connectivity index (χ1n) is 11.6. The molecule has 0 radical (unpaired) electrons. The van der Waals surface area contributed by atoms with Crippen LogP contribution in [0.2, 0.25) is 0 Å². The minimum Gasteiger partial charge on any atom is -0.369 e. The van der Waals surface area contributed by atoms with Crippen LogP contribution in [0, 0.1) is 11.6 Å². The first kappa shape index (κ1) is 24.3. The van der Waals surface area contributed by atoms with Gasteiger partial charge < -0.3 is 15.1 Å². The summed E-state index contributed by atoms with van der Waals surface area (Å²) >= 11 is 0. The molecule has 3 aromatic rings. The predicted octanol–water partition coefficient (Wildman–Crippen LogP) is 2.44. The van der Waals surface area contributed by atoms with Gasteiger partial charge in [0.15, 0.2) is 17.5 Å². The van der Waals surface area contributed by atoms with Gasteiger partial charge in [0.05, 0.1) is 4.90 Å². The molecule has 12 heteroatoms. The molecule has 190 valence electrons. The van der Waals surface area contributed by atoms with Crippen LogP contribution in [0.3, 0.4) is 0 Å². The number of aromatic nitrogens is 2. The smallest absolute Gasteiger partial charge is 0.256 e. The van der Waals surface area contributed by atoms with Crippen molar-refractivity contribution in [2.45, 2.75) is 17.9 Å². The quantitative estimate of drug-likeness (QED) is 0.540. The third kappa shape index (κ3) is 4.71. The van der Waals surface area contributed by atoms with Crippen molar-refractivity contribution >= 4 is 27.4 Å². The van der Waals surface area contributed by atoms with Gasteiger partial charge in [-0.2, -0.15) is 9.40 Å². The fourth-order valence-electron chi connectivity index (χ4n) is 4.43. The van der Waals surface area contributed by atoms with Crippen LogP contribution in [-0.2, 0) is 23.0 Å². The van der Waals surface area contributed by atoms with Gasteiger partial charge in [0.25, 0.3) is 5.91 Å². The molecular weight excluding hydrogens is 490 g/mol. The molecular formula is C24H26F2N6O3S. The van der Waals surface area contributed by atoms with Gasteiger partial charge in [0, 0.05) is 68.2 Å². The van der Waals surface area contributed by atoms with E-state index >= 15 is 0 Å². The number of benzene rings is 2. The summed E-state index contributed by atoms with van der Waals surface area (Å²) in [5.74, 6) is -2.48. The molecule has 1 fully saturated rings. The standard InChI is InChI=1S/C24H26F2N6O3S/c1-30-10-12-31(13-11-30)17-4-2-16(3-5-17)24(33)27-23-19-15-32(9-8-22(19)28-29-23)36(34,35)18-6-7-20(25)21(26)14-18/h2-7,14H,8-13,15H2,1H3,(H2,27,28,29,33). The lowest BCUT2D eigenvalue weighted by molar-refractivity contribution is 0.102. The Kier molecular flexibility index (Phi) is 6.49. The molecule has 2 aromatic carbocycles. The summed E-state index contributed by atoms with van der Waals surface area (Å²) < 4.78 is 54.2. The van der Waals surface area contributed by atoms with Crippen LogP contribution in [0.25, 0.3) is 0 Å². The van der Waals surface area contributed by atoms with Gasteiger partial charge in [-0.05, 0) is 49.5 Å². The number of carbonyl (C=O) groups excluding carboxylic acids is 1. The summed E-state index contributed by atoms with van der Waals surface area (Å²) in [4.78, 5) is 17.1. The Morgan fingerprint density at radius 1 is 1.00 bits per heavy atom. The zero-order valence-electron chi connectivity index (χ0n) is 19.7. The van der Waals surface area contributed by atoms with E-state index in [0.717, 1.165) is 48.3 Å². The highest BCUT2D eigenvalue weighted by molar-refractivity contribution is 7.89. The van der Waals surface area contributed by atoms with Gasteiger partial charge >= 0.3 is 0 Å². The highest BCUT2D eigenvalue weighted by Gasteiger charge is 2.32. The lowest BCUT2D eigenvalue weighted by Gasteiger charge is -2.34. The number of hydrogen-bond donors (Lipinski definition) is 2. The van der Waals surface area contributed by atoms with Crippen LogP contribution >= 0.6 is 0 Å². The van der Waals surface area contributed by atoms with Crippen LogP contribution in [-0.4, -0.2) is 73.5 Å². The van der Waals surface area contributed by atoms with E-state index in [1.54, 1.807) is 12.1 Å². The Balaban J connectivity index is 1.29. The van der Waals surface area contributed by atoms with E-state index in [1.165, 1.54) is 0 Å². The molecule has 1 amide bonds. The zero-order chi connectivity index (χ0) is 25.4. The molecule has 0 saturated carbocycles. The zero-order valence-corrected chi connectivity index (χ0v) is 20.5. The molecule has 5 rings (SSSR count). The number of fused-ring (bicyclic) bond motifs is 1. The fourth-order valence-corrected chi connectivity index (χ4v) is 5.85. The third-order valence-electron chi connectivity index (χ3n) is 6.66. The Morgan fingerprint density at radius 2 is 1.72 bits per heavy atom. The molecule has 1 aromatic heterocycles. The summed E-state index contributed by atoms with van der Waals surface area (Å²) in [5.41, 5.74) is 2.75. The van der Waals surface area contributed by atoms with Gasteiger partial charge in [-0.25, -0.2) is 17.2 Å². The van der Waals surface area contributed by atoms with Crippen molar-refractivity contribution in [2.24, 2.45) is 0 Å². The predicted molar refractivity (Wildman–Crippen MR) is 130 cm³/mol. The molecule has 1 saturated heterocycles. The number of amides is 1. The lowest BCUT2D eigenvalue weighted by Crippen LogP contribution is -2.44. The number of anilines is 2. The Bertz CT molecular complexity index is 1390. The molecule has 3 heterocycles. The number of hydrogen-bond acceptors (Lipinski definition) is 6. The average Bonchev–Trinajstić information content (AvgIpc) is 3.28. The van der Waals surface area contributed by atoms with Crippen LogP contribution in [0.1, 0.15) is 21.6 Å². The molecule has 9 nitrogen and oxygen atoms in total. The van der Waals surface area contributed by atoms with E-state index in [0.29, 0.717) is 29.3 Å². The van der Waals surface area contributed by atoms with Gasteiger partial charge in [0.1, 0.15) is 0 Å². The number of likely N-dealkylation sites (N-methyl/N-ethyl adjacent to an activating group) is 1. The lowest BCUT2D eigenvalue weighted by atomic mass is 10.1. The van der Waals surface area contributed by atoms with E-state index in [4.69, 9.17) is 0 Å². The van der Waals surface area contributed by atoms with Crippen molar-refractivity contribution in [1.29, 1.82) is 0 Å². The number of rotatable bonds is 5. The van der Waals surface area contributed by atoms with E-state index in [2.05, 4.69) is 32.4 Å². The normalized spacial score (nSPS) is 17.1. The Morgan fingerprint density at radius 3 is 2.42 bits per heavy atom. The van der Waals surface area contributed by atoms with Crippen molar-refractivity contribution in [3.8, 4) is 0 Å². The van der Waals surface area contributed by atoms with Crippen molar-refractivity contribution in [2.75, 3.05) is 50.0 Å². The van der Waals surface area contributed by atoms with Crippen molar-refractivity contribution in [1.82, 2.24) is 19.4 Å². The molecule has 2 aliphatic heterocycles. The average molecular weight is 517 g/mol. The third-order valence-corrected chi connectivity index (χ3v) is 8.50. The molecule has 0 atom stereocenters.